The van der Waals surface area contributed by atoms with Gasteiger partial charge in [-0.3, -0.25) is 20.9 Å². The third-order valence-electron chi connectivity index (χ3n) is 3.33. The highest BCUT2D eigenvalue weighted by molar-refractivity contribution is 6.68. The predicted octanol–water partition coefficient (Wildman–Crippen LogP) is 4.83. The Labute approximate surface area is 199 Å². The van der Waals surface area contributed by atoms with Crippen LogP contribution in [0.25, 0.3) is 0 Å². The quantitative estimate of drug-likeness (QED) is 0.348. The van der Waals surface area contributed by atoms with E-state index in [-0.39, 0.29) is 17.9 Å². The molecule has 2 aromatic rings. The van der Waals surface area contributed by atoms with Gasteiger partial charge in [0.25, 0.3) is 10.5 Å². The number of hydrogen-bond donors (Lipinski definition) is 2. The molecule has 2 rings (SSSR count). The summed E-state index contributed by atoms with van der Waals surface area (Å²) in [5, 5.41) is -0.982. The molecule has 0 bridgehead atoms. The monoisotopic (exact) mass is 494 g/mol. The molecule has 0 fully saturated rings. The lowest BCUT2D eigenvalue weighted by Gasteiger charge is -2.14. The van der Waals surface area contributed by atoms with Gasteiger partial charge in [0.05, 0.1) is 21.3 Å². The third kappa shape index (κ3) is 12.4. The molecule has 0 unspecified atom stereocenters. The van der Waals surface area contributed by atoms with Gasteiger partial charge in [0.15, 0.2) is 11.5 Å². The van der Waals surface area contributed by atoms with Gasteiger partial charge in [-0.15, -0.1) is 12.4 Å². The first kappa shape index (κ1) is 31.2. The van der Waals surface area contributed by atoms with Crippen molar-refractivity contribution in [2.45, 2.75) is 26.3 Å². The molecular weight excluding hydrogens is 467 g/mol. The van der Waals surface area contributed by atoms with Gasteiger partial charge in [0, 0.05) is 16.7 Å². The summed E-state index contributed by atoms with van der Waals surface area (Å²) < 4.78 is 15.2. The molecule has 174 valence electrons. The highest BCUT2D eigenvalue weighted by Gasteiger charge is 2.15. The van der Waals surface area contributed by atoms with Crippen LogP contribution in [0.2, 0.25) is 0 Å². The first-order chi connectivity index (χ1) is 14.0. The number of nitrogens with two attached hydrogens (primary N) is 1. The van der Waals surface area contributed by atoms with Gasteiger partial charge in [-0.05, 0) is 56.1 Å². The molecule has 0 atom stereocenters. The molecule has 10 heteroatoms. The zero-order valence-electron chi connectivity index (χ0n) is 18.3. The van der Waals surface area contributed by atoms with E-state index in [1.807, 2.05) is 26.8 Å². The van der Waals surface area contributed by atoms with Crippen molar-refractivity contribution in [2.75, 3.05) is 21.3 Å². The zero-order chi connectivity index (χ0) is 23.3. The number of carbonyl (C=O) groups is 2. The minimum Gasteiger partial charge on any atom is -0.493 e. The molecule has 0 aliphatic heterocycles. The highest BCUT2D eigenvalue weighted by atomic mass is 35.5. The highest BCUT2D eigenvalue weighted by Crippen LogP contribution is 2.38. The van der Waals surface area contributed by atoms with Crippen molar-refractivity contribution in [3.63, 3.8) is 0 Å². The van der Waals surface area contributed by atoms with Crippen LogP contribution in [0.15, 0.2) is 42.5 Å². The molecule has 0 aliphatic rings. The Morgan fingerprint density at radius 3 is 1.45 bits per heavy atom. The Kier molecular flexibility index (Phi) is 15.8. The first-order valence-corrected chi connectivity index (χ1v) is 9.48. The van der Waals surface area contributed by atoms with Crippen LogP contribution in [0.3, 0.4) is 0 Å². The van der Waals surface area contributed by atoms with E-state index in [1.165, 1.54) is 33.5 Å². The van der Waals surface area contributed by atoms with Gasteiger partial charge in [-0.2, -0.15) is 0 Å². The van der Waals surface area contributed by atoms with Crippen molar-refractivity contribution >= 4 is 46.1 Å². The topological polar surface area (TPSA) is 99.9 Å². The lowest BCUT2D eigenvalue weighted by Crippen LogP contribution is -2.41. The molecule has 0 heterocycles. The standard InChI is InChI=1S/C10H11ClO4.C7H5ClO.C4H12N2.ClH/c1-13-7-4-6(10(11)12)5-8(14-2)9(7)15-3;8-7(9)6-4-2-1-3-5-6;1-4(2,3)6-5;/h4-5H,1-3H3;1-5H;6H,5H2,1-3H3;1H. The van der Waals surface area contributed by atoms with E-state index in [4.69, 9.17) is 43.3 Å². The van der Waals surface area contributed by atoms with Crippen LogP contribution in [0, 0.1) is 0 Å². The molecule has 0 spiro atoms. The Morgan fingerprint density at radius 1 is 0.839 bits per heavy atom. The fourth-order valence-electron chi connectivity index (χ4n) is 1.76. The minimum atomic E-state index is -0.575. The van der Waals surface area contributed by atoms with Gasteiger partial charge < -0.3 is 14.2 Å². The van der Waals surface area contributed by atoms with Crippen molar-refractivity contribution in [1.29, 1.82) is 0 Å². The molecule has 0 saturated heterocycles. The molecule has 0 amide bonds. The maximum absolute atomic E-state index is 11.0. The van der Waals surface area contributed by atoms with E-state index in [2.05, 4.69) is 5.43 Å². The van der Waals surface area contributed by atoms with Gasteiger partial charge in [0.2, 0.25) is 5.75 Å². The Bertz CT molecular complexity index is 787. The number of hydrazine groups is 1. The third-order valence-corrected chi connectivity index (χ3v) is 3.76. The van der Waals surface area contributed by atoms with E-state index < -0.39 is 10.5 Å². The number of rotatable bonds is 5. The summed E-state index contributed by atoms with van der Waals surface area (Å²) in [5.41, 5.74) is 3.51. The van der Waals surface area contributed by atoms with Crippen molar-refractivity contribution < 1.29 is 23.8 Å². The van der Waals surface area contributed by atoms with Gasteiger partial charge in [-0.25, -0.2) is 0 Å². The number of carbonyl (C=O) groups excluding carboxylic acids is 2. The number of methoxy groups -OCH3 is 3. The van der Waals surface area contributed by atoms with Gasteiger partial charge >= 0.3 is 0 Å². The lowest BCUT2D eigenvalue weighted by atomic mass is 10.1. The second-order valence-electron chi connectivity index (χ2n) is 6.72. The molecule has 31 heavy (non-hydrogen) atoms. The summed E-state index contributed by atoms with van der Waals surface area (Å²) in [7, 11) is 4.43. The van der Waals surface area contributed by atoms with Crippen LogP contribution in [0.5, 0.6) is 17.2 Å². The average Bonchev–Trinajstić information content (AvgIpc) is 2.73. The summed E-state index contributed by atoms with van der Waals surface area (Å²) in [6, 6.07) is 11.7. The molecular formula is C21H29Cl3N2O5. The first-order valence-electron chi connectivity index (χ1n) is 8.73. The Morgan fingerprint density at radius 2 is 1.23 bits per heavy atom. The molecule has 0 saturated carbocycles. The van der Waals surface area contributed by atoms with E-state index in [1.54, 1.807) is 24.3 Å². The van der Waals surface area contributed by atoms with Crippen molar-refractivity contribution in [2.24, 2.45) is 5.84 Å². The normalized spacial score (nSPS) is 9.58. The molecule has 0 aliphatic carbocycles. The summed E-state index contributed by atoms with van der Waals surface area (Å²) in [4.78, 5) is 21.4. The van der Waals surface area contributed by atoms with Crippen LogP contribution in [-0.4, -0.2) is 37.4 Å². The molecule has 3 N–H and O–H groups in total. The van der Waals surface area contributed by atoms with Crippen LogP contribution < -0.4 is 25.5 Å². The van der Waals surface area contributed by atoms with Crippen molar-refractivity contribution in [3.05, 3.63) is 53.6 Å². The summed E-state index contributed by atoms with van der Waals surface area (Å²) in [6.45, 7) is 6.02. The summed E-state index contributed by atoms with van der Waals surface area (Å²) >= 11 is 10.5. The van der Waals surface area contributed by atoms with Crippen LogP contribution in [0.1, 0.15) is 41.5 Å². The minimum absolute atomic E-state index is 0. The van der Waals surface area contributed by atoms with Gasteiger partial charge in [0.1, 0.15) is 0 Å². The number of hydrogen-bond acceptors (Lipinski definition) is 7. The largest absolute Gasteiger partial charge is 0.493 e. The summed E-state index contributed by atoms with van der Waals surface area (Å²) in [6.07, 6.45) is 0. The van der Waals surface area contributed by atoms with Crippen LogP contribution in [0.4, 0.5) is 0 Å². The fraction of sp³-hybridized carbons (Fsp3) is 0.333. The number of halogens is 3. The second kappa shape index (κ2) is 15.7. The van der Waals surface area contributed by atoms with Crippen molar-refractivity contribution in [1.82, 2.24) is 5.43 Å². The maximum Gasteiger partial charge on any atom is 0.252 e. The molecule has 0 radical (unpaired) electrons. The van der Waals surface area contributed by atoms with Crippen LogP contribution in [-0.2, 0) is 0 Å². The number of benzene rings is 2. The SMILES string of the molecule is CC(C)(C)NN.COc1cc(C(=O)Cl)cc(OC)c1OC.Cl.O=C(Cl)c1ccccc1. The smallest absolute Gasteiger partial charge is 0.252 e. The van der Waals surface area contributed by atoms with Crippen molar-refractivity contribution in [3.8, 4) is 17.2 Å². The number of nitrogens with one attached hydrogen (secondary N) is 1. The molecule has 0 aromatic heterocycles. The molecule has 2 aromatic carbocycles. The second-order valence-corrected chi connectivity index (χ2v) is 7.41. The number of ether oxygens (including phenoxy) is 3. The fourth-order valence-corrected chi connectivity index (χ4v) is 2.00. The Balaban J connectivity index is 0. The zero-order valence-corrected chi connectivity index (χ0v) is 20.7. The average molecular weight is 496 g/mol. The predicted molar refractivity (Wildman–Crippen MR) is 127 cm³/mol. The maximum atomic E-state index is 11.0. The van der Waals surface area contributed by atoms with E-state index in [9.17, 15) is 9.59 Å². The van der Waals surface area contributed by atoms with Gasteiger partial charge in [-0.1, -0.05) is 30.3 Å². The lowest BCUT2D eigenvalue weighted by molar-refractivity contribution is 0.107. The Hall–Kier alpha value is -2.03. The summed E-state index contributed by atoms with van der Waals surface area (Å²) in [5.74, 6) is 6.29. The van der Waals surface area contributed by atoms with E-state index in [0.717, 1.165) is 0 Å². The van der Waals surface area contributed by atoms with E-state index in [0.29, 0.717) is 28.4 Å². The van der Waals surface area contributed by atoms with Crippen LogP contribution >= 0.6 is 35.6 Å². The van der Waals surface area contributed by atoms with E-state index >= 15 is 0 Å². The molecule has 7 nitrogen and oxygen atoms in total.